The van der Waals surface area contributed by atoms with Gasteiger partial charge >= 0.3 is 0 Å². The van der Waals surface area contributed by atoms with E-state index >= 15 is 0 Å². The number of amides is 1. The summed E-state index contributed by atoms with van der Waals surface area (Å²) in [6.07, 6.45) is 4.15. The van der Waals surface area contributed by atoms with Crippen LogP contribution in [-0.2, 0) is 9.53 Å². The second-order valence-electron chi connectivity index (χ2n) is 6.07. The van der Waals surface area contributed by atoms with Crippen LogP contribution in [0.3, 0.4) is 0 Å². The summed E-state index contributed by atoms with van der Waals surface area (Å²) in [5.41, 5.74) is 1.26. The number of methoxy groups -OCH3 is 1. The Morgan fingerprint density at radius 2 is 2.38 bits per heavy atom. The van der Waals surface area contributed by atoms with Gasteiger partial charge in [0, 0.05) is 33.4 Å². The first kappa shape index (κ1) is 16.6. The van der Waals surface area contributed by atoms with Gasteiger partial charge in [0.25, 0.3) is 5.71 Å². The van der Waals surface area contributed by atoms with Gasteiger partial charge in [-0.25, -0.2) is 4.98 Å². The molecule has 1 aliphatic rings. The zero-order valence-corrected chi connectivity index (χ0v) is 14.1. The molecule has 8 nitrogen and oxygen atoms in total. The summed E-state index contributed by atoms with van der Waals surface area (Å²) in [5, 5.41) is 7.79. The highest BCUT2D eigenvalue weighted by Crippen LogP contribution is 2.29. The van der Waals surface area contributed by atoms with Crippen molar-refractivity contribution in [2.45, 2.75) is 26.2 Å². The molecule has 1 saturated heterocycles. The number of ether oxygens (including phenoxy) is 1. The van der Waals surface area contributed by atoms with Crippen LogP contribution >= 0.6 is 0 Å². The highest BCUT2D eigenvalue weighted by molar-refractivity contribution is 5.88. The molecule has 24 heavy (non-hydrogen) atoms. The Kier molecular flexibility index (Phi) is 5.24. The van der Waals surface area contributed by atoms with Crippen LogP contribution in [0.4, 0.5) is 5.82 Å². The van der Waals surface area contributed by atoms with Crippen LogP contribution in [-0.4, -0.2) is 54.4 Å². The molecule has 3 heterocycles. The first-order valence-electron chi connectivity index (χ1n) is 8.29. The zero-order chi connectivity index (χ0) is 16.9. The van der Waals surface area contributed by atoms with Crippen molar-refractivity contribution in [3.05, 3.63) is 12.0 Å². The third kappa shape index (κ3) is 3.48. The number of nitrogens with one attached hydrogen (secondary N) is 1. The molecule has 3 rings (SSSR count). The molecule has 0 aromatic carbocycles. The Morgan fingerprint density at radius 1 is 1.50 bits per heavy atom. The largest absolute Gasteiger partial charge is 0.385 e. The summed E-state index contributed by atoms with van der Waals surface area (Å²) in [6.45, 7) is 4.69. The number of nitrogens with zero attached hydrogens (tertiary/aromatic N) is 4. The number of hydrogen-bond donors (Lipinski definition) is 1. The van der Waals surface area contributed by atoms with Crippen LogP contribution < -0.4 is 10.2 Å². The molecule has 0 radical (unpaired) electrons. The summed E-state index contributed by atoms with van der Waals surface area (Å²) in [6, 6.07) is 0. The van der Waals surface area contributed by atoms with E-state index in [1.807, 2.05) is 6.92 Å². The van der Waals surface area contributed by atoms with Gasteiger partial charge in [0.05, 0.1) is 11.6 Å². The van der Waals surface area contributed by atoms with Gasteiger partial charge in [0.1, 0.15) is 17.5 Å². The average Bonchev–Trinajstić information content (AvgIpc) is 3.00. The van der Waals surface area contributed by atoms with Crippen molar-refractivity contribution < 1.29 is 14.1 Å². The summed E-state index contributed by atoms with van der Waals surface area (Å²) in [7, 11) is 1.66. The highest BCUT2D eigenvalue weighted by Gasteiger charge is 2.28. The molecule has 2 aromatic heterocycles. The topological polar surface area (TPSA) is 93.4 Å². The highest BCUT2D eigenvalue weighted by atomic mass is 16.5. The number of piperidine rings is 1. The van der Waals surface area contributed by atoms with Gasteiger partial charge < -0.3 is 19.5 Å². The predicted octanol–water partition coefficient (Wildman–Crippen LogP) is 1.30. The minimum atomic E-state index is -0.0357. The lowest BCUT2D eigenvalue weighted by Gasteiger charge is -2.33. The van der Waals surface area contributed by atoms with Gasteiger partial charge in [-0.1, -0.05) is 5.16 Å². The molecular weight excluding hydrogens is 310 g/mol. The average molecular weight is 333 g/mol. The lowest BCUT2D eigenvalue weighted by Crippen LogP contribution is -2.43. The van der Waals surface area contributed by atoms with E-state index in [1.54, 1.807) is 7.11 Å². The van der Waals surface area contributed by atoms with Gasteiger partial charge in [0.15, 0.2) is 0 Å². The molecule has 1 aliphatic heterocycles. The predicted molar refractivity (Wildman–Crippen MR) is 88.8 cm³/mol. The molecular formula is C16H23N5O3. The summed E-state index contributed by atoms with van der Waals surface area (Å²) in [4.78, 5) is 23.0. The van der Waals surface area contributed by atoms with Gasteiger partial charge in [-0.05, 0) is 26.2 Å². The van der Waals surface area contributed by atoms with Crippen molar-refractivity contribution in [1.29, 1.82) is 0 Å². The molecule has 0 saturated carbocycles. The fourth-order valence-corrected chi connectivity index (χ4v) is 3.10. The van der Waals surface area contributed by atoms with Gasteiger partial charge in [-0.2, -0.15) is 4.98 Å². The molecule has 1 amide bonds. The number of aromatic nitrogens is 3. The SMILES string of the molecule is COCCCNC(=O)C1CCCN(c2ncnc3onc(C)c23)C1. The lowest BCUT2D eigenvalue weighted by atomic mass is 9.97. The lowest BCUT2D eigenvalue weighted by molar-refractivity contribution is -0.125. The van der Waals surface area contributed by atoms with Crippen molar-refractivity contribution in [2.75, 3.05) is 38.3 Å². The van der Waals surface area contributed by atoms with Crippen molar-refractivity contribution in [1.82, 2.24) is 20.4 Å². The minimum Gasteiger partial charge on any atom is -0.385 e. The van der Waals surface area contributed by atoms with E-state index in [2.05, 4.69) is 25.3 Å². The maximum Gasteiger partial charge on any atom is 0.263 e. The van der Waals surface area contributed by atoms with E-state index in [9.17, 15) is 4.79 Å². The number of fused-ring (bicyclic) bond motifs is 1. The summed E-state index contributed by atoms with van der Waals surface area (Å²) < 4.78 is 10.2. The summed E-state index contributed by atoms with van der Waals surface area (Å²) >= 11 is 0. The third-order valence-electron chi connectivity index (χ3n) is 4.34. The number of hydrogen-bond acceptors (Lipinski definition) is 7. The van der Waals surface area contributed by atoms with Crippen molar-refractivity contribution in [3.63, 3.8) is 0 Å². The van der Waals surface area contributed by atoms with E-state index < -0.39 is 0 Å². The van der Waals surface area contributed by atoms with Crippen LogP contribution in [0.2, 0.25) is 0 Å². The molecule has 2 aromatic rings. The molecule has 0 bridgehead atoms. The number of aryl methyl sites for hydroxylation is 1. The molecule has 1 fully saturated rings. The fraction of sp³-hybridized carbons (Fsp3) is 0.625. The second-order valence-corrected chi connectivity index (χ2v) is 6.07. The molecule has 1 unspecified atom stereocenters. The van der Waals surface area contributed by atoms with Gasteiger partial charge in [-0.15, -0.1) is 0 Å². The van der Waals surface area contributed by atoms with E-state index in [1.165, 1.54) is 6.33 Å². The minimum absolute atomic E-state index is 0.0357. The molecule has 1 atom stereocenters. The van der Waals surface area contributed by atoms with Gasteiger partial charge in [-0.3, -0.25) is 4.79 Å². The Morgan fingerprint density at radius 3 is 3.21 bits per heavy atom. The van der Waals surface area contributed by atoms with Crippen molar-refractivity contribution in [2.24, 2.45) is 5.92 Å². The monoisotopic (exact) mass is 333 g/mol. The first-order valence-corrected chi connectivity index (χ1v) is 8.29. The van der Waals surface area contributed by atoms with E-state index in [0.29, 0.717) is 25.4 Å². The number of carbonyl (C=O) groups excluding carboxylic acids is 1. The first-order chi connectivity index (χ1) is 11.7. The maximum atomic E-state index is 12.4. The van der Waals surface area contributed by atoms with Crippen LogP contribution in [0.25, 0.3) is 11.1 Å². The Bertz CT molecular complexity index is 702. The van der Waals surface area contributed by atoms with Crippen LogP contribution in [0.5, 0.6) is 0 Å². The summed E-state index contributed by atoms with van der Waals surface area (Å²) in [5.74, 6) is 0.866. The molecule has 8 heteroatoms. The van der Waals surface area contributed by atoms with Crippen molar-refractivity contribution in [3.8, 4) is 0 Å². The molecule has 0 aliphatic carbocycles. The quantitative estimate of drug-likeness (QED) is 0.796. The normalized spacial score (nSPS) is 18.1. The van der Waals surface area contributed by atoms with E-state index in [0.717, 1.165) is 42.7 Å². The number of anilines is 1. The van der Waals surface area contributed by atoms with Crippen LogP contribution in [0, 0.1) is 12.8 Å². The second kappa shape index (κ2) is 7.57. The van der Waals surface area contributed by atoms with Crippen molar-refractivity contribution >= 4 is 22.8 Å². The van der Waals surface area contributed by atoms with Crippen LogP contribution in [0.1, 0.15) is 25.0 Å². The Balaban J connectivity index is 1.69. The zero-order valence-electron chi connectivity index (χ0n) is 14.1. The standard InChI is InChI=1S/C16H23N5O3/c1-11-13-14(18-10-19-16(13)24-20-11)21-7-3-5-12(9-21)15(22)17-6-4-8-23-2/h10,12H,3-9H2,1-2H3,(H,17,22). The fourth-order valence-electron chi connectivity index (χ4n) is 3.10. The van der Waals surface area contributed by atoms with Crippen LogP contribution in [0.15, 0.2) is 10.9 Å². The molecule has 130 valence electrons. The third-order valence-corrected chi connectivity index (χ3v) is 4.34. The van der Waals surface area contributed by atoms with Gasteiger partial charge in [0.2, 0.25) is 5.91 Å². The van der Waals surface area contributed by atoms with E-state index in [4.69, 9.17) is 9.26 Å². The number of rotatable bonds is 6. The molecule has 1 N–H and O–H groups in total. The Hall–Kier alpha value is -2.22. The van der Waals surface area contributed by atoms with E-state index in [-0.39, 0.29) is 11.8 Å². The maximum absolute atomic E-state index is 12.4. The number of carbonyl (C=O) groups is 1. The molecule has 0 spiro atoms. The Labute approximate surface area is 140 Å². The smallest absolute Gasteiger partial charge is 0.263 e.